The fourth-order valence-corrected chi connectivity index (χ4v) is 12.5. The van der Waals surface area contributed by atoms with Crippen molar-refractivity contribution in [1.82, 2.24) is 4.90 Å². The molecule has 5 aliphatic rings. The van der Waals surface area contributed by atoms with Gasteiger partial charge in [-0.1, -0.05) is 72.9 Å². The molecule has 1 saturated carbocycles. The molecule has 74 heavy (non-hydrogen) atoms. The van der Waals surface area contributed by atoms with Crippen molar-refractivity contribution in [2.75, 3.05) is 34.5 Å². The number of ketones is 1. The quantitative estimate of drug-likeness (QED) is 0.127. The normalized spacial score (nSPS) is 43.1. The van der Waals surface area contributed by atoms with E-state index in [1.54, 1.807) is 27.7 Å². The van der Waals surface area contributed by atoms with Crippen molar-refractivity contribution in [2.24, 2.45) is 46.6 Å². The molecule has 0 aromatic carbocycles. The number of nitrogens with zero attached hydrogens (tertiary/aromatic N) is 2. The predicted octanol–water partition coefficient (Wildman–Crippen LogP) is 5.98. The molecule has 0 spiro atoms. The van der Waals surface area contributed by atoms with Crippen molar-refractivity contribution in [2.45, 2.75) is 251 Å². The van der Waals surface area contributed by atoms with Crippen LogP contribution in [0.25, 0.3) is 0 Å². The van der Waals surface area contributed by atoms with E-state index in [0.717, 1.165) is 19.4 Å². The zero-order valence-electron chi connectivity index (χ0n) is 47.5. The van der Waals surface area contributed by atoms with Gasteiger partial charge < -0.3 is 67.5 Å². The van der Waals surface area contributed by atoms with Crippen LogP contribution in [0, 0.1) is 41.4 Å². The summed E-state index contributed by atoms with van der Waals surface area (Å²) >= 11 is 0. The van der Waals surface area contributed by atoms with E-state index >= 15 is 4.79 Å². The third-order valence-corrected chi connectivity index (χ3v) is 16.4. The van der Waals surface area contributed by atoms with Crippen LogP contribution in [0.1, 0.15) is 148 Å². The number of cyclic esters (lactones) is 1. The van der Waals surface area contributed by atoms with Gasteiger partial charge in [-0.25, -0.2) is 0 Å². The number of oxime groups is 1. The van der Waals surface area contributed by atoms with Crippen LogP contribution < -0.4 is 0 Å². The number of carbonyl (C=O) groups excluding carboxylic acids is 3. The first kappa shape index (κ1) is 62.4. The van der Waals surface area contributed by atoms with Gasteiger partial charge in [0.1, 0.15) is 49.3 Å². The SMILES string of the molecule is CO/N=C1\C[C@@H](C)O[C@@H](O[C@@H]2[C@@H](C)[C@H](O[C@H]3CC(C)N(C4CCCCC4)C[C@H](C)O3)[C@@H](C)C(=O)O[C@H]([C@@H](C)CO[C@@H]3O[C@H](C)[C@@H](O)[C@@H](OC)[C@H]3OC)[C@H](C)[C@@H](OC(=O)CC(C)C)[C@@H](C)C(=O)[C@@](C)(O)C[C@@H]2C)[C@@H]1O. The monoisotopic (exact) mass is 1060 g/mol. The summed E-state index contributed by atoms with van der Waals surface area (Å²) in [5.74, 6) is -6.80. The Morgan fingerprint density at radius 2 is 1.46 bits per heavy atom. The van der Waals surface area contributed by atoms with Gasteiger partial charge in [0.25, 0.3) is 0 Å². The zero-order valence-corrected chi connectivity index (χ0v) is 47.5. The minimum Gasteiger partial charge on any atom is -0.461 e. The molecule has 4 saturated heterocycles. The molecule has 0 bridgehead atoms. The van der Waals surface area contributed by atoms with E-state index in [0.29, 0.717) is 18.2 Å². The van der Waals surface area contributed by atoms with E-state index in [9.17, 15) is 24.9 Å². The molecule has 3 N–H and O–H groups in total. The van der Waals surface area contributed by atoms with Crippen molar-refractivity contribution in [3.63, 3.8) is 0 Å². The third kappa shape index (κ3) is 15.7. The fraction of sp³-hybridized carbons (Fsp3) is 0.927. The fourth-order valence-electron chi connectivity index (χ4n) is 12.5. The second kappa shape index (κ2) is 28.0. The minimum atomic E-state index is -2.01. The Kier molecular flexibility index (Phi) is 23.6. The maximum absolute atomic E-state index is 15.3. The van der Waals surface area contributed by atoms with E-state index in [2.05, 4.69) is 17.0 Å². The molecule has 19 nitrogen and oxygen atoms in total. The average Bonchev–Trinajstić information content (AvgIpc) is 3.49. The lowest BCUT2D eigenvalue weighted by Crippen LogP contribution is -2.59. The molecule has 4 heterocycles. The van der Waals surface area contributed by atoms with Crippen LogP contribution in [0.5, 0.6) is 0 Å². The highest BCUT2D eigenvalue weighted by atomic mass is 16.7. The Hall–Kier alpha value is -2.40. The first-order chi connectivity index (χ1) is 34.8. The van der Waals surface area contributed by atoms with E-state index in [1.807, 2.05) is 48.5 Å². The van der Waals surface area contributed by atoms with Crippen molar-refractivity contribution in [3.05, 3.63) is 0 Å². The third-order valence-electron chi connectivity index (χ3n) is 16.4. The predicted molar refractivity (Wildman–Crippen MR) is 273 cm³/mol. The Labute approximate surface area is 441 Å². The number of rotatable bonds is 15. The van der Waals surface area contributed by atoms with Gasteiger partial charge in [0.05, 0.1) is 54.7 Å². The lowest BCUT2D eigenvalue weighted by Gasteiger charge is -2.44. The van der Waals surface area contributed by atoms with E-state index in [4.69, 9.17) is 52.2 Å². The number of Topliss-reactive ketones (excluding diaryl/α,β-unsaturated/α-hetero) is 1. The number of methoxy groups -OCH3 is 2. The van der Waals surface area contributed by atoms with Crippen molar-refractivity contribution < 1.29 is 81.9 Å². The van der Waals surface area contributed by atoms with Crippen molar-refractivity contribution in [1.29, 1.82) is 0 Å². The van der Waals surface area contributed by atoms with Crippen LogP contribution in [0.2, 0.25) is 0 Å². The topological polar surface area (TPSA) is 229 Å². The Morgan fingerprint density at radius 3 is 2.08 bits per heavy atom. The summed E-state index contributed by atoms with van der Waals surface area (Å²) in [6.45, 7) is 24.3. The van der Waals surface area contributed by atoms with E-state index in [-0.39, 0.29) is 43.9 Å². The summed E-state index contributed by atoms with van der Waals surface area (Å²) in [6, 6.07) is 0.514. The summed E-state index contributed by atoms with van der Waals surface area (Å²) in [5, 5.41) is 39.1. The average molecular weight is 1060 g/mol. The van der Waals surface area contributed by atoms with Crippen LogP contribution in [-0.4, -0.2) is 182 Å². The number of ether oxygens (including phenoxy) is 10. The lowest BCUT2D eigenvalue weighted by molar-refractivity contribution is -0.305. The van der Waals surface area contributed by atoms with Crippen molar-refractivity contribution >= 4 is 23.4 Å². The highest BCUT2D eigenvalue weighted by Crippen LogP contribution is 2.40. The summed E-state index contributed by atoms with van der Waals surface area (Å²) in [7, 11) is 4.33. The summed E-state index contributed by atoms with van der Waals surface area (Å²) in [5.41, 5.74) is -1.69. The molecule has 428 valence electrons. The standard InChI is InChI=1S/C55H96N2O17/c1-28(2)22-41(58)71-47-35(9)46(30(4)27-67-54-50(65-15)49(64-14)43(59)38(12)70-54)73-52(62)37(11)48(72-42-23-31(5)57(26-33(7)68-42)39-20-18-17-19-21-39)34(8)45(29(3)25-55(13,63)51(61)36(47)10)74-53-44(60)40(56-66-16)24-32(6)69-53/h28-39,42-50,53-54,59-60,63H,17-27H2,1-16H3/b56-40+/t29-,30-,31?,32+,33-,34+,35-,36+,37+,38+,42-,43+,44+,45-,46+,47+,48-,49+,50+,53-,54+,55-/m0/s1. The number of hydrogen-bond acceptors (Lipinski definition) is 19. The van der Waals surface area contributed by atoms with Gasteiger partial charge in [0.15, 0.2) is 24.7 Å². The molecule has 4 aliphatic heterocycles. The van der Waals surface area contributed by atoms with Gasteiger partial charge in [-0.2, -0.15) is 0 Å². The smallest absolute Gasteiger partial charge is 0.311 e. The number of carbonyl (C=O) groups is 3. The second-order valence-corrected chi connectivity index (χ2v) is 23.4. The van der Waals surface area contributed by atoms with Crippen LogP contribution in [0.15, 0.2) is 5.16 Å². The van der Waals surface area contributed by atoms with Crippen LogP contribution in [0.4, 0.5) is 0 Å². The molecule has 1 aliphatic carbocycles. The number of aliphatic hydroxyl groups excluding tert-OH is 2. The molecule has 1 unspecified atom stereocenters. The second-order valence-electron chi connectivity index (χ2n) is 23.4. The maximum atomic E-state index is 15.3. The molecule has 0 radical (unpaired) electrons. The lowest BCUT2D eigenvalue weighted by atomic mass is 9.74. The number of aliphatic hydroxyl groups is 3. The Morgan fingerprint density at radius 1 is 0.797 bits per heavy atom. The van der Waals surface area contributed by atoms with Gasteiger partial charge in [-0.05, 0) is 72.6 Å². The van der Waals surface area contributed by atoms with Crippen LogP contribution in [0.3, 0.4) is 0 Å². The Bertz CT molecular complexity index is 1800. The summed E-state index contributed by atoms with van der Waals surface area (Å²) in [6.07, 6.45) is -5.86. The summed E-state index contributed by atoms with van der Waals surface area (Å²) < 4.78 is 63.9. The van der Waals surface area contributed by atoms with E-state index < -0.39 is 139 Å². The summed E-state index contributed by atoms with van der Waals surface area (Å²) in [4.78, 5) is 51.7. The molecule has 22 atom stereocenters. The highest BCUT2D eigenvalue weighted by Gasteiger charge is 2.51. The highest BCUT2D eigenvalue weighted by molar-refractivity contribution is 5.90. The van der Waals surface area contributed by atoms with Crippen molar-refractivity contribution in [3.8, 4) is 0 Å². The van der Waals surface area contributed by atoms with Crippen LogP contribution >= 0.6 is 0 Å². The molecule has 0 amide bonds. The molecule has 0 aromatic rings. The molecule has 19 heteroatoms. The van der Waals surface area contributed by atoms with E-state index in [1.165, 1.54) is 47.5 Å². The van der Waals surface area contributed by atoms with Gasteiger partial charge >= 0.3 is 11.9 Å². The molecular weight excluding hydrogens is 961 g/mol. The van der Waals surface area contributed by atoms with Gasteiger partial charge in [-0.15, -0.1) is 0 Å². The van der Waals surface area contributed by atoms with Gasteiger partial charge in [0.2, 0.25) is 0 Å². The number of hydrogen-bond donors (Lipinski definition) is 3. The first-order valence-electron chi connectivity index (χ1n) is 27.7. The van der Waals surface area contributed by atoms with Crippen LogP contribution in [-0.2, 0) is 66.6 Å². The minimum absolute atomic E-state index is 0.0547. The largest absolute Gasteiger partial charge is 0.461 e. The van der Waals surface area contributed by atoms with Gasteiger partial charge in [0, 0.05) is 69.9 Å². The molecular formula is C55H96N2O17. The maximum Gasteiger partial charge on any atom is 0.311 e. The molecule has 5 rings (SSSR count). The Balaban J connectivity index is 1.61. The molecule has 0 aromatic heterocycles. The zero-order chi connectivity index (χ0) is 54.9. The first-order valence-corrected chi connectivity index (χ1v) is 27.7. The van der Waals surface area contributed by atoms with Gasteiger partial charge in [-0.3, -0.25) is 19.3 Å². The number of esters is 2. The molecule has 5 fully saturated rings.